The van der Waals surface area contributed by atoms with E-state index in [-0.39, 0.29) is 5.92 Å². The molecule has 5 rings (SSSR count). The lowest BCUT2D eigenvalue weighted by Gasteiger charge is -2.21. The van der Waals surface area contributed by atoms with Crippen molar-refractivity contribution in [2.75, 3.05) is 34.2 Å². The molecule has 0 bridgehead atoms. The molecular formula is C33H32Cl2N4. The number of halogens is 2. The zero-order valence-corrected chi connectivity index (χ0v) is 24.0. The van der Waals surface area contributed by atoms with Crippen LogP contribution in [-0.4, -0.2) is 54.0 Å². The van der Waals surface area contributed by atoms with Crippen molar-refractivity contribution in [2.45, 2.75) is 12.5 Å². The Balaban J connectivity index is 1.64. The van der Waals surface area contributed by atoms with Gasteiger partial charge in [-0.3, -0.25) is 14.9 Å². The van der Waals surface area contributed by atoms with E-state index in [0.29, 0.717) is 5.02 Å². The van der Waals surface area contributed by atoms with Crippen LogP contribution < -0.4 is 0 Å². The van der Waals surface area contributed by atoms with Gasteiger partial charge in [0.15, 0.2) is 0 Å². The molecule has 0 fully saturated rings. The zero-order chi connectivity index (χ0) is 27.4. The van der Waals surface area contributed by atoms with E-state index in [2.05, 4.69) is 84.5 Å². The largest absolute Gasteiger partial charge is 0.308 e. The topological polar surface area (TPSA) is 32.3 Å². The maximum atomic E-state index is 6.45. The minimum absolute atomic E-state index is 0.00409. The number of nitrogens with zero attached hydrogens (tertiary/aromatic N) is 4. The van der Waals surface area contributed by atoms with Gasteiger partial charge in [-0.1, -0.05) is 59.6 Å². The van der Waals surface area contributed by atoms with Crippen LogP contribution in [0.4, 0.5) is 0 Å². The van der Waals surface area contributed by atoms with Gasteiger partial charge >= 0.3 is 0 Å². The summed E-state index contributed by atoms with van der Waals surface area (Å²) < 4.78 is 0. The molecule has 3 aromatic carbocycles. The Morgan fingerprint density at radius 3 is 2.26 bits per heavy atom. The number of aromatic nitrogens is 2. The molecule has 0 N–H and O–H groups in total. The van der Waals surface area contributed by atoms with Gasteiger partial charge in [-0.25, -0.2) is 0 Å². The van der Waals surface area contributed by atoms with Gasteiger partial charge in [0.25, 0.3) is 0 Å². The lowest BCUT2D eigenvalue weighted by atomic mass is 9.84. The van der Waals surface area contributed by atoms with Crippen molar-refractivity contribution in [3.05, 3.63) is 130 Å². The second kappa shape index (κ2) is 12.3. The maximum absolute atomic E-state index is 6.45. The van der Waals surface area contributed by atoms with E-state index in [0.717, 1.165) is 63.5 Å². The summed E-state index contributed by atoms with van der Waals surface area (Å²) in [5, 5.41) is 2.53. The third-order valence-corrected chi connectivity index (χ3v) is 7.42. The molecule has 0 aliphatic carbocycles. The summed E-state index contributed by atoms with van der Waals surface area (Å²) in [6.45, 7) is 2.73. The second-order valence-corrected chi connectivity index (χ2v) is 11.1. The fourth-order valence-corrected chi connectivity index (χ4v) is 5.28. The van der Waals surface area contributed by atoms with Crippen LogP contribution in [0.2, 0.25) is 10.0 Å². The normalized spacial score (nSPS) is 12.4. The van der Waals surface area contributed by atoms with Crippen LogP contribution in [0.5, 0.6) is 0 Å². The Hall–Kier alpha value is -3.28. The number of benzene rings is 3. The first-order valence-corrected chi connectivity index (χ1v) is 13.8. The Bertz CT molecular complexity index is 1550. The second-order valence-electron chi connectivity index (χ2n) is 10.3. The highest BCUT2D eigenvalue weighted by Crippen LogP contribution is 2.37. The van der Waals surface area contributed by atoms with E-state index in [9.17, 15) is 0 Å². The van der Waals surface area contributed by atoms with E-state index in [1.54, 1.807) is 6.20 Å². The van der Waals surface area contributed by atoms with Crippen LogP contribution in [0.25, 0.3) is 22.0 Å². The Labute approximate surface area is 240 Å². The van der Waals surface area contributed by atoms with E-state index < -0.39 is 0 Å². The van der Waals surface area contributed by atoms with Gasteiger partial charge in [-0.2, -0.15) is 0 Å². The van der Waals surface area contributed by atoms with Crippen molar-refractivity contribution in [1.82, 2.24) is 19.8 Å². The molecule has 5 aromatic rings. The van der Waals surface area contributed by atoms with Crippen LogP contribution in [0.3, 0.4) is 0 Å². The summed E-state index contributed by atoms with van der Waals surface area (Å²) in [7, 11) is 6.33. The van der Waals surface area contributed by atoms with E-state index in [4.69, 9.17) is 28.2 Å². The quantitative estimate of drug-likeness (QED) is 0.186. The number of pyridine rings is 2. The van der Waals surface area contributed by atoms with Crippen LogP contribution in [0, 0.1) is 0 Å². The van der Waals surface area contributed by atoms with Crippen LogP contribution in [-0.2, 0) is 6.54 Å². The summed E-state index contributed by atoms with van der Waals surface area (Å²) in [5.74, 6) is 0.00409. The summed E-state index contributed by atoms with van der Waals surface area (Å²) in [6.07, 6.45) is 3.74. The Kier molecular flexibility index (Phi) is 8.59. The molecule has 4 nitrogen and oxygen atoms in total. The molecule has 0 spiro atoms. The molecule has 1 unspecified atom stereocenters. The lowest BCUT2D eigenvalue weighted by molar-refractivity contribution is 0.274. The third-order valence-electron chi connectivity index (χ3n) is 6.94. The molecule has 39 heavy (non-hydrogen) atoms. The van der Waals surface area contributed by atoms with Crippen molar-refractivity contribution < 1.29 is 0 Å². The average Bonchev–Trinajstić information content (AvgIpc) is 2.93. The molecule has 0 saturated heterocycles. The fourth-order valence-electron chi connectivity index (χ4n) is 4.96. The Morgan fingerprint density at radius 2 is 1.54 bits per heavy atom. The first kappa shape index (κ1) is 27.3. The molecule has 0 amide bonds. The predicted molar refractivity (Wildman–Crippen MR) is 164 cm³/mol. The number of rotatable bonds is 9. The van der Waals surface area contributed by atoms with Gasteiger partial charge in [-0.05, 0) is 97.5 Å². The number of hydrogen-bond acceptors (Lipinski definition) is 4. The van der Waals surface area contributed by atoms with Crippen LogP contribution in [0.15, 0.2) is 97.3 Å². The molecular weight excluding hydrogens is 523 g/mol. The number of hydrogen-bond donors (Lipinski definition) is 0. The van der Waals surface area contributed by atoms with Crippen molar-refractivity contribution in [2.24, 2.45) is 0 Å². The molecule has 1 atom stereocenters. The Morgan fingerprint density at radius 1 is 0.744 bits per heavy atom. The first-order chi connectivity index (χ1) is 18.9. The molecule has 2 aromatic heterocycles. The molecule has 2 heterocycles. The minimum Gasteiger partial charge on any atom is -0.308 e. The van der Waals surface area contributed by atoms with E-state index >= 15 is 0 Å². The smallest absolute Gasteiger partial charge is 0.0712 e. The fraction of sp³-hybridized carbons (Fsp3) is 0.212. The first-order valence-electron chi connectivity index (χ1n) is 13.1. The van der Waals surface area contributed by atoms with Crippen molar-refractivity contribution in [1.29, 1.82) is 0 Å². The summed E-state index contributed by atoms with van der Waals surface area (Å²) in [6, 6.07) is 29.0. The van der Waals surface area contributed by atoms with E-state index in [1.165, 1.54) is 5.56 Å². The van der Waals surface area contributed by atoms with Gasteiger partial charge in [0.05, 0.1) is 11.2 Å². The molecule has 0 aliphatic rings. The third kappa shape index (κ3) is 6.66. The van der Waals surface area contributed by atoms with Gasteiger partial charge in [0.1, 0.15) is 0 Å². The molecule has 0 radical (unpaired) electrons. The zero-order valence-electron chi connectivity index (χ0n) is 22.5. The van der Waals surface area contributed by atoms with Crippen molar-refractivity contribution in [3.63, 3.8) is 0 Å². The molecule has 0 saturated carbocycles. The van der Waals surface area contributed by atoms with Crippen molar-refractivity contribution in [3.8, 4) is 11.1 Å². The minimum atomic E-state index is 0.00409. The average molecular weight is 556 g/mol. The van der Waals surface area contributed by atoms with Crippen LogP contribution >= 0.6 is 23.2 Å². The number of fused-ring (bicyclic) bond motifs is 1. The van der Waals surface area contributed by atoms with Crippen molar-refractivity contribution >= 4 is 34.1 Å². The van der Waals surface area contributed by atoms with Gasteiger partial charge < -0.3 is 4.90 Å². The summed E-state index contributed by atoms with van der Waals surface area (Å²) in [5.41, 5.74) is 7.65. The molecule has 6 heteroatoms. The standard InChI is InChI=1S/C33H32Cl2N4/c1-38(2)16-17-39(3)22-29-20-30(24-6-4-8-28(35)18-24)31-19-25(11-14-32(31)37-29)33(26-7-5-15-36-21-26)23-9-12-27(34)13-10-23/h4-15,18-21,33H,16-17,22H2,1-3H3. The highest BCUT2D eigenvalue weighted by Gasteiger charge is 2.19. The summed E-state index contributed by atoms with van der Waals surface area (Å²) >= 11 is 12.7. The molecule has 198 valence electrons. The lowest BCUT2D eigenvalue weighted by Crippen LogP contribution is -2.28. The van der Waals surface area contributed by atoms with Crippen LogP contribution in [0.1, 0.15) is 28.3 Å². The van der Waals surface area contributed by atoms with Gasteiger partial charge in [0.2, 0.25) is 0 Å². The number of likely N-dealkylation sites (N-methyl/N-ethyl adjacent to an activating group) is 2. The predicted octanol–water partition coefficient (Wildman–Crippen LogP) is 7.78. The van der Waals surface area contributed by atoms with Gasteiger partial charge in [0, 0.05) is 53.4 Å². The van der Waals surface area contributed by atoms with E-state index in [1.807, 2.05) is 42.6 Å². The summed E-state index contributed by atoms with van der Waals surface area (Å²) in [4.78, 5) is 14.0. The van der Waals surface area contributed by atoms with Gasteiger partial charge in [-0.15, -0.1) is 0 Å². The highest BCUT2D eigenvalue weighted by atomic mass is 35.5. The highest BCUT2D eigenvalue weighted by molar-refractivity contribution is 6.31. The SMILES string of the molecule is CN(C)CCN(C)Cc1cc(-c2cccc(Cl)c2)c2cc(C(c3ccc(Cl)cc3)c3cccnc3)ccc2n1. The maximum Gasteiger partial charge on any atom is 0.0712 e. The monoisotopic (exact) mass is 554 g/mol. The molecule has 0 aliphatic heterocycles.